The van der Waals surface area contributed by atoms with Gasteiger partial charge in [-0.05, 0) is 6.07 Å². The number of nitro groups is 1. The van der Waals surface area contributed by atoms with Gasteiger partial charge in [0.05, 0.1) is 17.1 Å². The molecule has 208 valence electrons. The Bertz CT molecular complexity index is 1020. The molecule has 7 nitrogen and oxygen atoms in total. The van der Waals surface area contributed by atoms with Crippen LogP contribution < -0.4 is 9.46 Å². The van der Waals surface area contributed by atoms with Gasteiger partial charge in [0, 0.05) is 12.1 Å². The molecule has 0 aliphatic rings. The van der Waals surface area contributed by atoms with Gasteiger partial charge in [-0.1, -0.05) is 0 Å². The van der Waals surface area contributed by atoms with Gasteiger partial charge in [-0.2, -0.15) is 62.1 Å². The third-order valence-corrected chi connectivity index (χ3v) is 3.99. The molecule has 0 saturated carbocycles. The number of rotatable bonds is 5. The molecule has 0 N–H and O–H groups in total. The van der Waals surface area contributed by atoms with Crippen LogP contribution in [0.3, 0.4) is 0 Å². The third kappa shape index (κ3) is 11.8. The third-order valence-electron chi connectivity index (χ3n) is 3.99. The van der Waals surface area contributed by atoms with Crippen molar-refractivity contribution < 1.29 is 67.1 Å². The quantitative estimate of drug-likeness (QED) is 0.169. The number of pyridine rings is 2. The van der Waals surface area contributed by atoms with Gasteiger partial charge in [-0.25, -0.2) is 0 Å². The molecule has 2 aromatic rings. The molecule has 0 spiro atoms. The van der Waals surface area contributed by atoms with E-state index in [0.29, 0.717) is 12.1 Å². The summed E-state index contributed by atoms with van der Waals surface area (Å²) >= 11 is 0. The maximum absolute atomic E-state index is 12.2. The molecule has 0 saturated heterocycles. The Hall–Kier alpha value is -3.54. The lowest BCUT2D eigenvalue weighted by atomic mass is 10.2. The Morgan fingerprint density at radius 3 is 1.14 bits per heavy atom. The van der Waals surface area contributed by atoms with Crippen molar-refractivity contribution in [3.63, 3.8) is 0 Å². The molecule has 0 aliphatic carbocycles. The molecule has 0 aromatic carbocycles. The van der Waals surface area contributed by atoms with Crippen LogP contribution in [0.25, 0.3) is 0 Å². The van der Waals surface area contributed by atoms with Crippen molar-refractivity contribution in [3.05, 3.63) is 73.6 Å². The van der Waals surface area contributed by atoms with Gasteiger partial charge < -0.3 is 10.4 Å². The molecule has 19 heteroatoms. The van der Waals surface area contributed by atoms with Gasteiger partial charge in [-0.15, -0.1) is 0 Å². The normalized spacial score (nSPS) is 12.6. The van der Waals surface area contributed by atoms with E-state index in [4.69, 9.17) is 0 Å². The fourth-order valence-corrected chi connectivity index (χ4v) is 2.71. The largest absolute Gasteiger partial charge is 0.618 e. The molecule has 0 bridgehead atoms. The Labute approximate surface area is 197 Å². The van der Waals surface area contributed by atoms with E-state index in [1.165, 1.54) is 0 Å². The van der Waals surface area contributed by atoms with Gasteiger partial charge in [-0.3, -0.25) is 10.1 Å². The standard InChI is InChI=1S/C9H6F6N2O3.C9H7F6NO/c10-8(11,12)3-6-1-5(17(19)20)2-7(16(6)18)4-9(13,14)15;10-8(11,12)4-6-2-1-3-7(16(6)17)5-9(13,14)15/h1-2H,3-4H2;1-3H,4-5H2. The summed E-state index contributed by atoms with van der Waals surface area (Å²) in [5.41, 5.74) is -4.83. The summed E-state index contributed by atoms with van der Waals surface area (Å²) in [5, 5.41) is 33.1. The van der Waals surface area contributed by atoms with Crippen molar-refractivity contribution in [1.82, 2.24) is 0 Å². The summed E-state index contributed by atoms with van der Waals surface area (Å²) in [6.45, 7) is 0. The van der Waals surface area contributed by atoms with E-state index in [1.807, 2.05) is 0 Å². The van der Waals surface area contributed by atoms with E-state index < -0.39 is 88.5 Å². The number of aromatic nitrogens is 2. The van der Waals surface area contributed by atoms with Crippen molar-refractivity contribution in [1.29, 1.82) is 0 Å². The number of hydrogen-bond donors (Lipinski definition) is 0. The first kappa shape index (κ1) is 31.5. The average Bonchev–Trinajstić information content (AvgIpc) is 2.64. The van der Waals surface area contributed by atoms with Crippen LogP contribution in [0.5, 0.6) is 0 Å². The Balaban J connectivity index is 0.000000375. The van der Waals surface area contributed by atoms with Gasteiger partial charge in [0.1, 0.15) is 25.7 Å². The lowest BCUT2D eigenvalue weighted by molar-refractivity contribution is -0.626. The summed E-state index contributed by atoms with van der Waals surface area (Å²) < 4.78 is 144. The van der Waals surface area contributed by atoms with Gasteiger partial charge in [0.25, 0.3) is 5.69 Å². The number of alkyl halides is 12. The lowest BCUT2D eigenvalue weighted by Crippen LogP contribution is -2.40. The fourth-order valence-electron chi connectivity index (χ4n) is 2.71. The maximum Gasteiger partial charge on any atom is 0.398 e. The Morgan fingerprint density at radius 1 is 0.595 bits per heavy atom. The SMILES string of the molecule is O=[N+]([O-])c1cc(CC(F)(F)F)[n+]([O-])c(CC(F)(F)F)c1.[O-][n+]1c(CC(F)(F)F)cccc1CC(F)(F)F. The topological polar surface area (TPSA) is 97.0 Å². The molecule has 2 aromatic heterocycles. The van der Waals surface area contributed by atoms with E-state index in [9.17, 15) is 73.2 Å². The minimum atomic E-state index is -4.88. The summed E-state index contributed by atoms with van der Waals surface area (Å²) in [4.78, 5) is 9.31. The molecule has 37 heavy (non-hydrogen) atoms. The molecule has 0 amide bonds. The molecule has 0 aliphatic heterocycles. The Morgan fingerprint density at radius 2 is 0.865 bits per heavy atom. The predicted molar refractivity (Wildman–Crippen MR) is 96.5 cm³/mol. The summed E-state index contributed by atoms with van der Waals surface area (Å²) in [6.07, 6.45) is -25.9. The van der Waals surface area contributed by atoms with Crippen molar-refractivity contribution in [2.75, 3.05) is 0 Å². The highest BCUT2D eigenvalue weighted by Gasteiger charge is 2.38. The number of halogens is 12. The van der Waals surface area contributed by atoms with Crippen LogP contribution in [0.2, 0.25) is 0 Å². The summed E-state index contributed by atoms with van der Waals surface area (Å²) in [7, 11) is 0. The van der Waals surface area contributed by atoms with Gasteiger partial charge in [0.2, 0.25) is 22.8 Å². The van der Waals surface area contributed by atoms with Crippen molar-refractivity contribution >= 4 is 5.69 Å². The second-order valence-electron chi connectivity index (χ2n) is 7.22. The smallest absolute Gasteiger partial charge is 0.398 e. The molecule has 0 fully saturated rings. The highest BCUT2D eigenvalue weighted by atomic mass is 19.4. The van der Waals surface area contributed by atoms with Gasteiger partial charge in [0.15, 0.2) is 0 Å². The molecule has 0 radical (unpaired) electrons. The zero-order valence-corrected chi connectivity index (χ0v) is 17.7. The second kappa shape index (κ2) is 11.2. The molecule has 0 unspecified atom stereocenters. The number of hydrogen-bond acceptors (Lipinski definition) is 4. The fraction of sp³-hybridized carbons (Fsp3) is 0.444. The van der Waals surface area contributed by atoms with Crippen molar-refractivity contribution in [2.45, 2.75) is 50.4 Å². The molecular formula is C18H13F12N3O4. The minimum absolute atomic E-state index is 0.306. The first-order valence-corrected chi connectivity index (χ1v) is 9.34. The van der Waals surface area contributed by atoms with E-state index in [-0.39, 0.29) is 4.73 Å². The number of nitrogens with zero attached hydrogens (tertiary/aromatic N) is 3. The van der Waals surface area contributed by atoms with Crippen molar-refractivity contribution in [2.24, 2.45) is 0 Å². The highest BCUT2D eigenvalue weighted by Crippen LogP contribution is 2.26. The van der Waals surface area contributed by atoms with Crippen LogP contribution in [-0.4, -0.2) is 29.6 Å². The van der Waals surface area contributed by atoms with Crippen LogP contribution in [0.1, 0.15) is 22.8 Å². The summed E-state index contributed by atoms with van der Waals surface area (Å²) in [5.74, 6) is 0. The molecule has 0 atom stereocenters. The van der Waals surface area contributed by atoms with E-state index in [0.717, 1.165) is 18.2 Å². The Kier molecular flexibility index (Phi) is 9.57. The minimum Gasteiger partial charge on any atom is -0.618 e. The molecule has 2 heterocycles. The zero-order valence-electron chi connectivity index (χ0n) is 17.7. The monoisotopic (exact) mass is 563 g/mol. The first-order valence-electron chi connectivity index (χ1n) is 9.34. The first-order chi connectivity index (χ1) is 16.5. The highest BCUT2D eigenvalue weighted by molar-refractivity contribution is 5.31. The zero-order chi connectivity index (χ0) is 29.0. The second-order valence-corrected chi connectivity index (χ2v) is 7.22. The van der Waals surface area contributed by atoms with E-state index in [1.54, 1.807) is 0 Å². The lowest BCUT2D eigenvalue weighted by Gasteiger charge is -2.12. The van der Waals surface area contributed by atoms with Crippen LogP contribution in [0, 0.1) is 20.5 Å². The van der Waals surface area contributed by atoms with E-state index in [2.05, 4.69) is 0 Å². The van der Waals surface area contributed by atoms with Crippen LogP contribution in [0.15, 0.2) is 30.3 Å². The van der Waals surface area contributed by atoms with Crippen molar-refractivity contribution in [3.8, 4) is 0 Å². The maximum atomic E-state index is 12.2. The van der Waals surface area contributed by atoms with Crippen LogP contribution >= 0.6 is 0 Å². The molecular weight excluding hydrogens is 550 g/mol. The van der Waals surface area contributed by atoms with E-state index >= 15 is 0 Å². The average molecular weight is 563 g/mol. The molecule has 2 rings (SSSR count). The van der Waals surface area contributed by atoms with Crippen LogP contribution in [-0.2, 0) is 25.7 Å². The van der Waals surface area contributed by atoms with Gasteiger partial charge >= 0.3 is 24.7 Å². The summed E-state index contributed by atoms with van der Waals surface area (Å²) in [6, 6.07) is 3.30. The predicted octanol–water partition coefficient (Wildman–Crippen LogP) is 4.97. The van der Waals surface area contributed by atoms with Crippen LogP contribution in [0.4, 0.5) is 58.4 Å².